The highest BCUT2D eigenvalue weighted by atomic mass is 14.2. The zero-order valence-corrected chi connectivity index (χ0v) is 36.2. The largest absolute Gasteiger partial charge is 0.0622 e. The van der Waals surface area contributed by atoms with Gasteiger partial charge >= 0.3 is 0 Å². The first-order valence-corrected chi connectivity index (χ1v) is 22.9. The summed E-state index contributed by atoms with van der Waals surface area (Å²) in [4.78, 5) is 0. The molecule has 0 bridgehead atoms. The van der Waals surface area contributed by atoms with Gasteiger partial charge in [0.1, 0.15) is 0 Å². The Morgan fingerprint density at radius 3 is 0.742 bits per heavy atom. The van der Waals surface area contributed by atoms with Gasteiger partial charge in [0.2, 0.25) is 0 Å². The van der Waals surface area contributed by atoms with Crippen LogP contribution in [0.3, 0.4) is 0 Å². The molecule has 0 unspecified atom stereocenters. The number of fused-ring (bicyclic) bond motifs is 7. The second kappa shape index (κ2) is 15.6. The SMILES string of the molecule is c1ccc(-c2cc(-c3ccccc3)cc(-c3c4ccccc4c(-c4ccc5ccc6ccc(-c7c8ccccc8c(-c8ccccc8)c8ccccc78)cc6c5c4)c4ccccc34)c2)cc1. The van der Waals surface area contributed by atoms with Gasteiger partial charge in [0.05, 0.1) is 0 Å². The number of hydrogen-bond donors (Lipinski definition) is 0. The molecule has 66 heavy (non-hydrogen) atoms. The van der Waals surface area contributed by atoms with E-state index in [1.54, 1.807) is 0 Å². The van der Waals surface area contributed by atoms with E-state index in [4.69, 9.17) is 0 Å². The normalized spacial score (nSPS) is 11.6. The van der Waals surface area contributed by atoms with Gasteiger partial charge in [-0.15, -0.1) is 0 Å². The highest BCUT2D eigenvalue weighted by Crippen LogP contribution is 2.48. The van der Waals surface area contributed by atoms with E-state index < -0.39 is 0 Å². The first-order valence-electron chi connectivity index (χ1n) is 22.9. The van der Waals surface area contributed by atoms with Crippen LogP contribution in [0.4, 0.5) is 0 Å². The summed E-state index contributed by atoms with van der Waals surface area (Å²) in [7, 11) is 0. The molecule has 0 heteroatoms. The molecule has 0 saturated carbocycles. The standard InChI is InChI=1S/C66H42/c1-4-18-43(19-5-1)50-38-51(44-20-6-2-7-21-44)40-52(39-50)66-59-30-16-14-28-57(59)65(58-29-15-17-31-60(58)66)49-37-35-46-33-32-45-34-36-48(41-61(45)62(46)42-49)64-55-26-12-10-24-53(55)63(47-22-8-3-9-23-47)54-25-11-13-27-56(54)64/h1-42H. The molecule has 0 heterocycles. The van der Waals surface area contributed by atoms with Gasteiger partial charge in [0.25, 0.3) is 0 Å². The fourth-order valence-electron chi connectivity index (χ4n) is 10.8. The highest BCUT2D eigenvalue weighted by molar-refractivity contribution is 6.24. The molecule has 13 aromatic carbocycles. The first-order chi connectivity index (χ1) is 32.7. The average Bonchev–Trinajstić information content (AvgIpc) is 3.39. The van der Waals surface area contributed by atoms with Crippen LogP contribution in [0.25, 0.3) is 131 Å². The lowest BCUT2D eigenvalue weighted by Crippen LogP contribution is -1.92. The quantitative estimate of drug-likeness (QED) is 0.116. The van der Waals surface area contributed by atoms with E-state index in [0.29, 0.717) is 0 Å². The molecular formula is C66H42. The first kappa shape index (κ1) is 37.9. The van der Waals surface area contributed by atoms with Crippen molar-refractivity contribution < 1.29 is 0 Å². The van der Waals surface area contributed by atoms with Crippen molar-refractivity contribution in [1.82, 2.24) is 0 Å². The van der Waals surface area contributed by atoms with Gasteiger partial charge in [0.15, 0.2) is 0 Å². The van der Waals surface area contributed by atoms with Crippen LogP contribution < -0.4 is 0 Å². The average molecular weight is 835 g/mol. The van der Waals surface area contributed by atoms with Crippen LogP contribution in [0.5, 0.6) is 0 Å². The Bertz CT molecular complexity index is 3840. The molecule has 0 saturated heterocycles. The summed E-state index contributed by atoms with van der Waals surface area (Å²) in [5.74, 6) is 0. The van der Waals surface area contributed by atoms with E-state index in [-0.39, 0.29) is 0 Å². The Balaban J connectivity index is 1.04. The minimum Gasteiger partial charge on any atom is -0.0622 e. The van der Waals surface area contributed by atoms with E-state index in [2.05, 4.69) is 255 Å². The number of benzene rings is 13. The molecule has 0 aliphatic carbocycles. The van der Waals surface area contributed by atoms with Crippen molar-refractivity contribution in [3.8, 4) is 66.8 Å². The minimum absolute atomic E-state index is 1.21. The van der Waals surface area contributed by atoms with Gasteiger partial charge in [-0.25, -0.2) is 0 Å². The lowest BCUT2D eigenvalue weighted by molar-refractivity contribution is 1.58. The maximum Gasteiger partial charge on any atom is -0.00259 e. The van der Waals surface area contributed by atoms with Gasteiger partial charge in [-0.3, -0.25) is 0 Å². The van der Waals surface area contributed by atoms with Gasteiger partial charge in [-0.05, 0) is 162 Å². The molecule has 0 N–H and O–H groups in total. The van der Waals surface area contributed by atoms with Crippen molar-refractivity contribution in [3.05, 3.63) is 255 Å². The molecular weight excluding hydrogens is 793 g/mol. The van der Waals surface area contributed by atoms with Gasteiger partial charge in [-0.2, -0.15) is 0 Å². The van der Waals surface area contributed by atoms with E-state index >= 15 is 0 Å². The monoisotopic (exact) mass is 834 g/mol. The molecule has 306 valence electrons. The summed E-state index contributed by atoms with van der Waals surface area (Å²) < 4.78 is 0. The molecule has 0 aliphatic heterocycles. The third-order valence-corrected chi connectivity index (χ3v) is 13.8. The maximum atomic E-state index is 2.45. The maximum absolute atomic E-state index is 2.45. The van der Waals surface area contributed by atoms with Crippen LogP contribution in [0.15, 0.2) is 255 Å². The lowest BCUT2D eigenvalue weighted by atomic mass is 9.83. The second-order valence-corrected chi connectivity index (χ2v) is 17.5. The van der Waals surface area contributed by atoms with E-state index in [9.17, 15) is 0 Å². The molecule has 0 radical (unpaired) electrons. The molecule has 13 rings (SSSR count). The van der Waals surface area contributed by atoms with E-state index in [0.717, 1.165) is 0 Å². The predicted octanol–water partition coefficient (Wildman–Crippen LogP) is 18.6. The zero-order valence-electron chi connectivity index (χ0n) is 36.2. The van der Waals surface area contributed by atoms with Gasteiger partial charge in [0, 0.05) is 0 Å². The molecule has 0 fully saturated rings. The summed E-state index contributed by atoms with van der Waals surface area (Å²) >= 11 is 0. The zero-order chi connectivity index (χ0) is 43.6. The Morgan fingerprint density at radius 2 is 0.394 bits per heavy atom. The van der Waals surface area contributed by atoms with Crippen LogP contribution in [-0.2, 0) is 0 Å². The fourth-order valence-corrected chi connectivity index (χ4v) is 10.8. The van der Waals surface area contributed by atoms with Gasteiger partial charge in [-0.1, -0.05) is 224 Å². The summed E-state index contributed by atoms with van der Waals surface area (Å²) in [6.07, 6.45) is 0. The molecule has 0 atom stereocenters. The Labute approximate surface area is 384 Å². The third kappa shape index (κ3) is 6.22. The summed E-state index contributed by atoms with van der Waals surface area (Å²) in [5.41, 5.74) is 14.8. The fraction of sp³-hybridized carbons (Fsp3) is 0. The van der Waals surface area contributed by atoms with Crippen LogP contribution in [0.2, 0.25) is 0 Å². The van der Waals surface area contributed by atoms with Gasteiger partial charge < -0.3 is 0 Å². The minimum atomic E-state index is 1.21. The Kier molecular flexibility index (Phi) is 8.96. The Morgan fingerprint density at radius 1 is 0.136 bits per heavy atom. The van der Waals surface area contributed by atoms with E-state index in [1.807, 2.05) is 0 Å². The Hall–Kier alpha value is -8.58. The second-order valence-electron chi connectivity index (χ2n) is 17.5. The van der Waals surface area contributed by atoms with Crippen molar-refractivity contribution in [3.63, 3.8) is 0 Å². The lowest BCUT2D eigenvalue weighted by Gasteiger charge is -2.20. The summed E-state index contributed by atoms with van der Waals surface area (Å²) in [6.45, 7) is 0. The third-order valence-electron chi connectivity index (χ3n) is 13.8. The predicted molar refractivity (Wildman–Crippen MR) is 284 cm³/mol. The topological polar surface area (TPSA) is 0 Å². The molecule has 0 aromatic heterocycles. The summed E-state index contributed by atoms with van der Waals surface area (Å²) in [5, 5.41) is 15.0. The molecule has 0 amide bonds. The number of hydrogen-bond acceptors (Lipinski definition) is 0. The molecule has 0 aliphatic rings. The van der Waals surface area contributed by atoms with Crippen molar-refractivity contribution in [2.75, 3.05) is 0 Å². The van der Waals surface area contributed by atoms with Crippen LogP contribution in [0, 0.1) is 0 Å². The molecule has 0 nitrogen and oxygen atoms in total. The van der Waals surface area contributed by atoms with Crippen molar-refractivity contribution in [1.29, 1.82) is 0 Å². The van der Waals surface area contributed by atoms with Crippen molar-refractivity contribution in [2.45, 2.75) is 0 Å². The van der Waals surface area contributed by atoms with Crippen LogP contribution >= 0.6 is 0 Å². The number of rotatable bonds is 6. The smallest absolute Gasteiger partial charge is 0.00259 e. The van der Waals surface area contributed by atoms with Crippen LogP contribution in [0.1, 0.15) is 0 Å². The molecule has 13 aromatic rings. The van der Waals surface area contributed by atoms with Crippen LogP contribution in [-0.4, -0.2) is 0 Å². The summed E-state index contributed by atoms with van der Waals surface area (Å²) in [6, 6.07) is 94.2. The van der Waals surface area contributed by atoms with Crippen molar-refractivity contribution in [2.24, 2.45) is 0 Å². The van der Waals surface area contributed by atoms with Crippen molar-refractivity contribution >= 4 is 64.6 Å². The highest BCUT2D eigenvalue weighted by Gasteiger charge is 2.20. The molecule has 0 spiro atoms. The van der Waals surface area contributed by atoms with E-state index in [1.165, 1.54) is 131 Å².